The molecule has 170 valence electrons. The minimum Gasteiger partial charge on any atom is -0.493 e. The van der Waals surface area contributed by atoms with E-state index in [2.05, 4.69) is 50.1 Å². The Morgan fingerprint density at radius 1 is 1.00 bits per heavy atom. The Hall–Kier alpha value is -3.60. The van der Waals surface area contributed by atoms with Crippen molar-refractivity contribution in [3.05, 3.63) is 77.4 Å². The lowest BCUT2D eigenvalue weighted by Crippen LogP contribution is -2.13. The SMILES string of the molecule is Cc1ccc(-c2nc3cc(C(C)C)ccc3o2)cc1NC(=O)c1ccc(OCC(C)C)cc1. The van der Waals surface area contributed by atoms with Gasteiger partial charge >= 0.3 is 0 Å². The Morgan fingerprint density at radius 3 is 2.45 bits per heavy atom. The Balaban J connectivity index is 1.54. The van der Waals surface area contributed by atoms with E-state index in [-0.39, 0.29) is 5.91 Å². The molecule has 3 aromatic carbocycles. The van der Waals surface area contributed by atoms with Gasteiger partial charge in [-0.1, -0.05) is 39.8 Å². The van der Waals surface area contributed by atoms with Crippen LogP contribution in [-0.2, 0) is 0 Å². The molecule has 5 heteroatoms. The number of hydrogen-bond acceptors (Lipinski definition) is 4. The molecule has 1 aromatic heterocycles. The Bertz CT molecular complexity index is 1270. The van der Waals surface area contributed by atoms with Crippen molar-refractivity contribution in [3.8, 4) is 17.2 Å². The Kier molecular flexibility index (Phi) is 6.50. The van der Waals surface area contributed by atoms with Crippen molar-refractivity contribution in [3.63, 3.8) is 0 Å². The van der Waals surface area contributed by atoms with Crippen LogP contribution in [0.5, 0.6) is 5.75 Å². The van der Waals surface area contributed by atoms with Crippen LogP contribution in [0.3, 0.4) is 0 Å². The number of fused-ring (bicyclic) bond motifs is 1. The fourth-order valence-corrected chi connectivity index (χ4v) is 3.48. The van der Waals surface area contributed by atoms with Crippen LogP contribution in [0, 0.1) is 12.8 Å². The zero-order chi connectivity index (χ0) is 23.5. The topological polar surface area (TPSA) is 64.4 Å². The van der Waals surface area contributed by atoms with Gasteiger partial charge in [0.2, 0.25) is 5.89 Å². The summed E-state index contributed by atoms with van der Waals surface area (Å²) < 4.78 is 11.7. The summed E-state index contributed by atoms with van der Waals surface area (Å²) in [6, 6.07) is 19.1. The molecule has 0 fully saturated rings. The molecule has 4 aromatic rings. The highest BCUT2D eigenvalue weighted by molar-refractivity contribution is 6.05. The standard InChI is InChI=1S/C28H30N2O3/c1-17(2)16-32-23-11-8-20(9-12-23)27(31)29-24-15-22(7-6-19(24)5)28-30-25-14-21(18(3)4)10-13-26(25)33-28/h6-15,17-18H,16H2,1-5H3,(H,29,31). The molecule has 1 N–H and O–H groups in total. The first-order valence-corrected chi connectivity index (χ1v) is 11.4. The van der Waals surface area contributed by atoms with Crippen LogP contribution < -0.4 is 10.1 Å². The van der Waals surface area contributed by atoms with Gasteiger partial charge in [-0.15, -0.1) is 0 Å². The molecule has 0 aliphatic carbocycles. The summed E-state index contributed by atoms with van der Waals surface area (Å²) in [6.45, 7) is 11.1. The van der Waals surface area contributed by atoms with Crippen LogP contribution in [-0.4, -0.2) is 17.5 Å². The van der Waals surface area contributed by atoms with Crippen molar-refractivity contribution in [2.24, 2.45) is 5.92 Å². The molecule has 1 amide bonds. The summed E-state index contributed by atoms with van der Waals surface area (Å²) in [5, 5.41) is 3.01. The largest absolute Gasteiger partial charge is 0.493 e. The molecule has 0 unspecified atom stereocenters. The quantitative estimate of drug-likeness (QED) is 0.328. The van der Waals surface area contributed by atoms with Crippen molar-refractivity contribution in [2.75, 3.05) is 11.9 Å². The second-order valence-corrected chi connectivity index (χ2v) is 9.11. The van der Waals surface area contributed by atoms with E-state index in [1.165, 1.54) is 5.56 Å². The highest BCUT2D eigenvalue weighted by Crippen LogP contribution is 2.30. The van der Waals surface area contributed by atoms with Crippen molar-refractivity contribution < 1.29 is 13.9 Å². The lowest BCUT2D eigenvalue weighted by atomic mass is 10.0. The van der Waals surface area contributed by atoms with E-state index in [0.717, 1.165) is 33.7 Å². The highest BCUT2D eigenvalue weighted by Gasteiger charge is 2.13. The van der Waals surface area contributed by atoms with E-state index in [4.69, 9.17) is 9.15 Å². The molecule has 5 nitrogen and oxygen atoms in total. The second-order valence-electron chi connectivity index (χ2n) is 9.11. The molecule has 0 saturated heterocycles. The number of amides is 1. The zero-order valence-corrected chi connectivity index (χ0v) is 19.8. The third-order valence-corrected chi connectivity index (χ3v) is 5.51. The van der Waals surface area contributed by atoms with Crippen LogP contribution in [0.1, 0.15) is 55.1 Å². The van der Waals surface area contributed by atoms with Gasteiger partial charge in [0, 0.05) is 16.8 Å². The first-order chi connectivity index (χ1) is 15.8. The summed E-state index contributed by atoms with van der Waals surface area (Å²) in [5.41, 5.74) is 5.88. The molecule has 0 aliphatic heterocycles. The maximum absolute atomic E-state index is 12.8. The molecular formula is C28H30N2O3. The minimum atomic E-state index is -0.176. The minimum absolute atomic E-state index is 0.176. The van der Waals surface area contributed by atoms with E-state index < -0.39 is 0 Å². The van der Waals surface area contributed by atoms with Crippen LogP contribution in [0.2, 0.25) is 0 Å². The number of ether oxygens (including phenoxy) is 1. The number of aromatic nitrogens is 1. The molecule has 0 bridgehead atoms. The lowest BCUT2D eigenvalue weighted by molar-refractivity contribution is 0.102. The number of hydrogen-bond donors (Lipinski definition) is 1. The molecule has 0 spiro atoms. The molecule has 33 heavy (non-hydrogen) atoms. The number of anilines is 1. The molecule has 0 atom stereocenters. The molecular weight excluding hydrogens is 412 g/mol. The van der Waals surface area contributed by atoms with Crippen LogP contribution >= 0.6 is 0 Å². The maximum Gasteiger partial charge on any atom is 0.255 e. The van der Waals surface area contributed by atoms with Crippen molar-refractivity contribution >= 4 is 22.7 Å². The van der Waals surface area contributed by atoms with Crippen molar-refractivity contribution in [1.82, 2.24) is 4.98 Å². The number of nitrogens with one attached hydrogen (secondary N) is 1. The molecule has 4 rings (SSSR count). The van der Waals surface area contributed by atoms with E-state index in [1.807, 2.05) is 43.3 Å². The fraction of sp³-hybridized carbons (Fsp3) is 0.286. The van der Waals surface area contributed by atoms with Gasteiger partial charge in [0.15, 0.2) is 5.58 Å². The van der Waals surface area contributed by atoms with Crippen LogP contribution in [0.25, 0.3) is 22.6 Å². The summed E-state index contributed by atoms with van der Waals surface area (Å²) >= 11 is 0. The Labute approximate surface area is 194 Å². The molecule has 1 heterocycles. The maximum atomic E-state index is 12.8. The molecule has 0 aliphatic rings. The van der Waals surface area contributed by atoms with E-state index >= 15 is 0 Å². The summed E-state index contributed by atoms with van der Waals surface area (Å²) in [6.07, 6.45) is 0. The predicted octanol–water partition coefficient (Wildman–Crippen LogP) is 7.21. The van der Waals surface area contributed by atoms with Crippen molar-refractivity contribution in [1.29, 1.82) is 0 Å². The highest BCUT2D eigenvalue weighted by atomic mass is 16.5. The van der Waals surface area contributed by atoms with Crippen LogP contribution in [0.15, 0.2) is 65.1 Å². The van der Waals surface area contributed by atoms with Gasteiger partial charge in [0.25, 0.3) is 5.91 Å². The fourth-order valence-electron chi connectivity index (χ4n) is 3.48. The Morgan fingerprint density at radius 2 is 1.76 bits per heavy atom. The summed E-state index contributed by atoms with van der Waals surface area (Å²) in [5.74, 6) is 1.99. The van der Waals surface area contributed by atoms with Gasteiger partial charge in [-0.2, -0.15) is 0 Å². The van der Waals surface area contributed by atoms with Gasteiger partial charge in [-0.3, -0.25) is 4.79 Å². The molecule has 0 radical (unpaired) electrons. The number of carbonyl (C=O) groups is 1. The van der Waals surface area contributed by atoms with Gasteiger partial charge in [-0.05, 0) is 78.4 Å². The van der Waals surface area contributed by atoms with E-state index in [1.54, 1.807) is 12.1 Å². The van der Waals surface area contributed by atoms with E-state index in [9.17, 15) is 4.79 Å². The normalized spacial score (nSPS) is 11.4. The summed E-state index contributed by atoms with van der Waals surface area (Å²) in [4.78, 5) is 17.5. The smallest absolute Gasteiger partial charge is 0.255 e. The number of benzene rings is 3. The number of oxazole rings is 1. The number of rotatable bonds is 7. The van der Waals surface area contributed by atoms with Crippen LogP contribution in [0.4, 0.5) is 5.69 Å². The number of aryl methyl sites for hydroxylation is 1. The number of nitrogens with zero attached hydrogens (tertiary/aromatic N) is 1. The zero-order valence-electron chi connectivity index (χ0n) is 19.8. The lowest BCUT2D eigenvalue weighted by Gasteiger charge is -2.11. The average Bonchev–Trinajstić information content (AvgIpc) is 3.22. The predicted molar refractivity (Wildman–Crippen MR) is 133 cm³/mol. The average molecular weight is 443 g/mol. The van der Waals surface area contributed by atoms with Gasteiger partial charge in [0.05, 0.1) is 6.61 Å². The monoisotopic (exact) mass is 442 g/mol. The third-order valence-electron chi connectivity index (χ3n) is 5.51. The number of carbonyl (C=O) groups excluding carboxylic acids is 1. The van der Waals surface area contributed by atoms with Gasteiger partial charge < -0.3 is 14.5 Å². The van der Waals surface area contributed by atoms with Gasteiger partial charge in [0.1, 0.15) is 11.3 Å². The second kappa shape index (κ2) is 9.49. The van der Waals surface area contributed by atoms with Gasteiger partial charge in [-0.25, -0.2) is 4.98 Å². The first-order valence-electron chi connectivity index (χ1n) is 11.4. The first kappa shape index (κ1) is 22.6. The summed E-state index contributed by atoms with van der Waals surface area (Å²) in [7, 11) is 0. The molecule has 0 saturated carbocycles. The van der Waals surface area contributed by atoms with E-state index in [0.29, 0.717) is 29.9 Å². The third kappa shape index (κ3) is 5.25. The van der Waals surface area contributed by atoms with Crippen molar-refractivity contribution in [2.45, 2.75) is 40.5 Å².